The minimum absolute atomic E-state index is 0.318. The van der Waals surface area contributed by atoms with Crippen LogP contribution in [0.4, 0.5) is 0 Å². The van der Waals surface area contributed by atoms with Gasteiger partial charge in [0.25, 0.3) is 0 Å². The summed E-state index contributed by atoms with van der Waals surface area (Å²) >= 11 is 0. The van der Waals surface area contributed by atoms with Crippen LogP contribution in [0.25, 0.3) is 0 Å². The van der Waals surface area contributed by atoms with Gasteiger partial charge in [-0.15, -0.1) is 0 Å². The maximum Gasteiger partial charge on any atom is 0.119 e. The summed E-state index contributed by atoms with van der Waals surface area (Å²) < 4.78 is 15.7. The monoisotopic (exact) mass is 200 g/mol. The summed E-state index contributed by atoms with van der Waals surface area (Å²) in [5, 5.41) is 9.99. The van der Waals surface area contributed by atoms with Crippen LogP contribution in [0.15, 0.2) is 0 Å². The van der Waals surface area contributed by atoms with Crippen molar-refractivity contribution in [3.8, 4) is 0 Å². The molecule has 4 nitrogen and oxygen atoms in total. The maximum absolute atomic E-state index is 9.99. The number of aliphatic hydroxyl groups is 1. The van der Waals surface area contributed by atoms with Gasteiger partial charge in [-0.05, 0) is 6.42 Å². The van der Waals surface area contributed by atoms with Crippen molar-refractivity contribution in [3.63, 3.8) is 0 Å². The van der Waals surface area contributed by atoms with Gasteiger partial charge in [-0.2, -0.15) is 0 Å². The standard InChI is InChI=1S/C9H17BO4/c1-4-9(5-12-2)7(11)6(13-3)8(10)14-9/h6-8,11H,4-5H2,1-3H3/t6-,7+,8-,9-/m0/s1. The average Bonchev–Trinajstić information content (AvgIpc) is 2.40. The van der Waals surface area contributed by atoms with Gasteiger partial charge in [0.1, 0.15) is 25.7 Å². The van der Waals surface area contributed by atoms with Gasteiger partial charge in [0.05, 0.1) is 6.61 Å². The van der Waals surface area contributed by atoms with Gasteiger partial charge in [-0.1, -0.05) is 6.92 Å². The molecule has 0 aromatic carbocycles. The van der Waals surface area contributed by atoms with E-state index in [2.05, 4.69) is 0 Å². The maximum atomic E-state index is 9.99. The molecule has 80 valence electrons. The Kier molecular flexibility index (Phi) is 3.95. The summed E-state index contributed by atoms with van der Waals surface area (Å²) in [5.41, 5.74) is -0.727. The fraction of sp³-hybridized carbons (Fsp3) is 1.00. The first-order valence-corrected chi connectivity index (χ1v) is 4.74. The highest BCUT2D eigenvalue weighted by molar-refractivity contribution is 6.11. The number of hydrogen-bond acceptors (Lipinski definition) is 4. The third kappa shape index (κ3) is 1.82. The third-order valence-corrected chi connectivity index (χ3v) is 2.80. The quantitative estimate of drug-likeness (QED) is 0.632. The minimum atomic E-state index is -0.743. The van der Waals surface area contributed by atoms with Gasteiger partial charge in [0.2, 0.25) is 0 Å². The lowest BCUT2D eigenvalue weighted by Crippen LogP contribution is -2.46. The molecule has 0 aliphatic carbocycles. The molecule has 1 aliphatic rings. The van der Waals surface area contributed by atoms with Crippen LogP contribution in [0.2, 0.25) is 0 Å². The third-order valence-electron chi connectivity index (χ3n) is 2.80. The Morgan fingerprint density at radius 1 is 1.50 bits per heavy atom. The Morgan fingerprint density at radius 2 is 2.14 bits per heavy atom. The topological polar surface area (TPSA) is 47.9 Å². The second kappa shape index (κ2) is 4.62. The molecule has 2 radical (unpaired) electrons. The fourth-order valence-corrected chi connectivity index (χ4v) is 1.91. The van der Waals surface area contributed by atoms with Crippen LogP contribution in [0.3, 0.4) is 0 Å². The fourth-order valence-electron chi connectivity index (χ4n) is 1.91. The molecule has 0 aromatic rings. The second-order valence-electron chi connectivity index (χ2n) is 3.58. The molecule has 4 atom stereocenters. The minimum Gasteiger partial charge on any atom is -0.387 e. The number of ether oxygens (including phenoxy) is 3. The lowest BCUT2D eigenvalue weighted by atomic mass is 9.88. The summed E-state index contributed by atoms with van der Waals surface area (Å²) in [6.45, 7) is 2.24. The van der Waals surface area contributed by atoms with E-state index in [1.165, 1.54) is 7.11 Å². The highest BCUT2D eigenvalue weighted by atomic mass is 16.6. The van der Waals surface area contributed by atoms with Crippen LogP contribution in [0.1, 0.15) is 13.3 Å². The van der Waals surface area contributed by atoms with Crippen LogP contribution in [0.5, 0.6) is 0 Å². The molecule has 0 amide bonds. The lowest BCUT2D eigenvalue weighted by molar-refractivity contribution is -0.111. The molecule has 1 fully saturated rings. The van der Waals surface area contributed by atoms with Crippen LogP contribution in [-0.2, 0) is 14.2 Å². The number of methoxy groups -OCH3 is 2. The molecule has 1 heterocycles. The molecule has 0 aromatic heterocycles. The first kappa shape index (κ1) is 12.0. The van der Waals surface area contributed by atoms with Gasteiger partial charge in [-0.25, -0.2) is 0 Å². The van der Waals surface area contributed by atoms with Gasteiger partial charge in [-0.3, -0.25) is 0 Å². The number of hydrogen-bond donors (Lipinski definition) is 1. The summed E-state index contributed by atoms with van der Waals surface area (Å²) in [4.78, 5) is 0. The molecule has 1 aliphatic heterocycles. The molecule has 0 unspecified atom stereocenters. The van der Waals surface area contributed by atoms with E-state index in [0.717, 1.165) is 0 Å². The van der Waals surface area contributed by atoms with Crippen molar-refractivity contribution in [1.82, 2.24) is 0 Å². The van der Waals surface area contributed by atoms with Crippen LogP contribution >= 0.6 is 0 Å². The predicted molar refractivity (Wildman–Crippen MR) is 52.3 cm³/mol. The highest BCUT2D eigenvalue weighted by Gasteiger charge is 2.51. The summed E-state index contributed by atoms with van der Waals surface area (Å²) in [6.07, 6.45) is -0.590. The highest BCUT2D eigenvalue weighted by Crippen LogP contribution is 2.34. The molecule has 5 heteroatoms. The largest absolute Gasteiger partial charge is 0.387 e. The Balaban J connectivity index is 2.79. The van der Waals surface area contributed by atoms with E-state index in [4.69, 9.17) is 22.1 Å². The van der Waals surface area contributed by atoms with Gasteiger partial charge < -0.3 is 19.3 Å². The summed E-state index contributed by atoms with van der Waals surface area (Å²) in [5.74, 6) is 0. The molecule has 0 saturated carbocycles. The summed E-state index contributed by atoms with van der Waals surface area (Å²) in [7, 11) is 8.78. The van der Waals surface area contributed by atoms with Crippen molar-refractivity contribution in [2.45, 2.75) is 37.2 Å². The van der Waals surface area contributed by atoms with Crippen molar-refractivity contribution in [2.24, 2.45) is 0 Å². The van der Waals surface area contributed by atoms with Crippen molar-refractivity contribution in [2.75, 3.05) is 20.8 Å². The Morgan fingerprint density at radius 3 is 2.50 bits per heavy atom. The van der Waals surface area contributed by atoms with Crippen LogP contribution in [0, 0.1) is 0 Å². The lowest BCUT2D eigenvalue weighted by Gasteiger charge is -2.30. The van der Waals surface area contributed by atoms with E-state index in [1.807, 2.05) is 6.92 Å². The van der Waals surface area contributed by atoms with E-state index in [1.54, 1.807) is 7.11 Å². The van der Waals surface area contributed by atoms with Gasteiger partial charge >= 0.3 is 0 Å². The zero-order valence-electron chi connectivity index (χ0n) is 8.90. The van der Waals surface area contributed by atoms with Crippen LogP contribution in [-0.4, -0.2) is 57.6 Å². The van der Waals surface area contributed by atoms with E-state index in [9.17, 15) is 5.11 Å². The molecule has 0 bridgehead atoms. The zero-order valence-corrected chi connectivity index (χ0v) is 8.90. The normalized spacial score (nSPS) is 43.0. The second-order valence-corrected chi connectivity index (χ2v) is 3.58. The summed E-state index contributed by atoms with van der Waals surface area (Å²) in [6, 6.07) is -0.593. The van der Waals surface area contributed by atoms with Gasteiger partial charge in [0, 0.05) is 20.2 Å². The van der Waals surface area contributed by atoms with E-state index < -0.39 is 23.8 Å². The van der Waals surface area contributed by atoms with Crippen molar-refractivity contribution < 1.29 is 19.3 Å². The van der Waals surface area contributed by atoms with Crippen LogP contribution < -0.4 is 0 Å². The first-order chi connectivity index (χ1) is 6.61. The smallest absolute Gasteiger partial charge is 0.119 e. The Hall–Kier alpha value is -0.0951. The molecular weight excluding hydrogens is 183 g/mol. The van der Waals surface area contributed by atoms with Crippen molar-refractivity contribution >= 4 is 7.85 Å². The molecule has 0 spiro atoms. The molecule has 1 rings (SSSR count). The van der Waals surface area contributed by atoms with Crippen molar-refractivity contribution in [1.29, 1.82) is 0 Å². The SMILES string of the molecule is [B][C@H]1O[C@@](CC)(COC)[C@H](O)[C@@H]1OC. The molecule has 1 N–H and O–H groups in total. The molecule has 14 heavy (non-hydrogen) atoms. The first-order valence-electron chi connectivity index (χ1n) is 4.74. The predicted octanol–water partition coefficient (Wildman–Crippen LogP) is -0.318. The van der Waals surface area contributed by atoms with Crippen molar-refractivity contribution in [3.05, 3.63) is 0 Å². The number of rotatable bonds is 4. The Labute approximate surface area is 85.9 Å². The van der Waals surface area contributed by atoms with Gasteiger partial charge in [0.15, 0.2) is 0 Å². The molecule has 1 saturated heterocycles. The van der Waals surface area contributed by atoms with E-state index in [0.29, 0.717) is 13.0 Å². The van der Waals surface area contributed by atoms with E-state index >= 15 is 0 Å². The molecular formula is C9H17BO4. The average molecular weight is 200 g/mol. The Bertz CT molecular complexity index is 190. The number of aliphatic hydroxyl groups excluding tert-OH is 1. The zero-order chi connectivity index (χ0) is 10.8. The van der Waals surface area contributed by atoms with E-state index in [-0.39, 0.29) is 0 Å².